The van der Waals surface area contributed by atoms with Gasteiger partial charge in [0.25, 0.3) is 0 Å². The summed E-state index contributed by atoms with van der Waals surface area (Å²) in [7, 11) is 0. The minimum absolute atomic E-state index is 0.0629. The van der Waals surface area contributed by atoms with E-state index in [0.717, 1.165) is 24.6 Å². The van der Waals surface area contributed by atoms with Gasteiger partial charge < -0.3 is 19.5 Å². The van der Waals surface area contributed by atoms with E-state index in [9.17, 15) is 13.6 Å². The van der Waals surface area contributed by atoms with Crippen molar-refractivity contribution in [3.8, 4) is 11.5 Å². The zero-order valence-corrected chi connectivity index (χ0v) is 14.1. The van der Waals surface area contributed by atoms with E-state index >= 15 is 0 Å². The molecule has 8 nitrogen and oxygen atoms in total. The highest BCUT2D eigenvalue weighted by Gasteiger charge is 2.43. The third kappa shape index (κ3) is 3.73. The van der Waals surface area contributed by atoms with Crippen molar-refractivity contribution in [2.75, 3.05) is 17.7 Å². The maximum atomic E-state index is 13.0. The number of carbonyl (C=O) groups is 1. The highest BCUT2D eigenvalue weighted by molar-refractivity contribution is 7.99. The van der Waals surface area contributed by atoms with Crippen molar-refractivity contribution >= 4 is 23.4 Å². The Morgan fingerprint density at radius 3 is 3.04 bits per heavy atom. The molecule has 3 heterocycles. The van der Waals surface area contributed by atoms with E-state index in [0.29, 0.717) is 23.3 Å². The Morgan fingerprint density at radius 2 is 2.23 bits per heavy atom. The number of fused-ring (bicyclic) bond motifs is 1. The molecule has 4 rings (SSSR count). The summed E-state index contributed by atoms with van der Waals surface area (Å²) in [5.74, 6) is 0.180. The number of hydrogen-bond acceptors (Lipinski definition) is 7. The number of amides is 1. The van der Waals surface area contributed by atoms with E-state index in [2.05, 4.69) is 30.0 Å². The van der Waals surface area contributed by atoms with Gasteiger partial charge in [-0.1, -0.05) is 11.8 Å². The molecule has 0 aliphatic carbocycles. The van der Waals surface area contributed by atoms with Gasteiger partial charge >= 0.3 is 6.29 Å². The van der Waals surface area contributed by atoms with Gasteiger partial charge in [-0.05, 0) is 25.0 Å². The minimum Gasteiger partial charge on any atom is -0.395 e. The summed E-state index contributed by atoms with van der Waals surface area (Å²) in [4.78, 5) is 16.3. The molecule has 2 N–H and O–H groups in total. The van der Waals surface area contributed by atoms with Gasteiger partial charge in [-0.2, -0.15) is 0 Å². The van der Waals surface area contributed by atoms with Crippen LogP contribution in [0.15, 0.2) is 23.4 Å². The number of halogens is 2. The Bertz CT molecular complexity index is 826. The Balaban J connectivity index is 1.31. The number of thioether (sulfide) groups is 1. The molecule has 0 spiro atoms. The van der Waals surface area contributed by atoms with Crippen molar-refractivity contribution < 1.29 is 27.8 Å². The van der Waals surface area contributed by atoms with Crippen molar-refractivity contribution in [1.82, 2.24) is 15.2 Å². The summed E-state index contributed by atoms with van der Waals surface area (Å²) in [5, 5.41) is 9.91. The minimum atomic E-state index is -3.69. The normalized spacial score (nSPS) is 20.3. The predicted octanol–water partition coefficient (Wildman–Crippen LogP) is 2.71. The number of nitrogens with zero attached hydrogens (tertiary/aromatic N) is 2. The van der Waals surface area contributed by atoms with Crippen molar-refractivity contribution in [1.29, 1.82) is 0 Å². The molecule has 0 bridgehead atoms. The first kappa shape index (κ1) is 17.0. The molecular formula is C15H14F2N4O4S. The average Bonchev–Trinajstić information content (AvgIpc) is 3.30. The molecule has 138 valence electrons. The highest BCUT2D eigenvalue weighted by atomic mass is 32.2. The second kappa shape index (κ2) is 6.72. The monoisotopic (exact) mass is 384 g/mol. The maximum absolute atomic E-state index is 13.0. The van der Waals surface area contributed by atoms with Gasteiger partial charge in [0.15, 0.2) is 17.3 Å². The number of nitrogens with one attached hydrogen (secondary N) is 2. The van der Waals surface area contributed by atoms with E-state index < -0.39 is 6.29 Å². The number of anilines is 1. The molecule has 2 aromatic rings. The van der Waals surface area contributed by atoms with Crippen LogP contribution in [0.4, 0.5) is 14.5 Å². The van der Waals surface area contributed by atoms with Gasteiger partial charge in [0.1, 0.15) is 6.10 Å². The van der Waals surface area contributed by atoms with E-state index in [4.69, 9.17) is 4.74 Å². The molecule has 26 heavy (non-hydrogen) atoms. The summed E-state index contributed by atoms with van der Waals surface area (Å²) in [6, 6.07) is 4.04. The number of alkyl halides is 2. The smallest absolute Gasteiger partial charge is 0.395 e. The predicted molar refractivity (Wildman–Crippen MR) is 86.3 cm³/mol. The van der Waals surface area contributed by atoms with Crippen molar-refractivity contribution in [3.05, 3.63) is 24.0 Å². The molecule has 1 aromatic heterocycles. The van der Waals surface area contributed by atoms with Crippen LogP contribution < -0.4 is 14.8 Å². The number of rotatable bonds is 5. The molecule has 1 fully saturated rings. The lowest BCUT2D eigenvalue weighted by molar-refractivity contribution is -0.286. The first-order valence-corrected chi connectivity index (χ1v) is 8.83. The second-order valence-corrected chi connectivity index (χ2v) is 6.61. The van der Waals surface area contributed by atoms with Gasteiger partial charge in [-0.3, -0.25) is 9.89 Å². The Kier molecular flexibility index (Phi) is 4.41. The molecule has 1 saturated heterocycles. The van der Waals surface area contributed by atoms with Crippen molar-refractivity contribution in [3.63, 3.8) is 0 Å². The summed E-state index contributed by atoms with van der Waals surface area (Å²) in [6.45, 7) is 0.706. The molecular weight excluding hydrogens is 370 g/mol. The maximum Gasteiger partial charge on any atom is 0.586 e. The van der Waals surface area contributed by atoms with Crippen molar-refractivity contribution in [2.24, 2.45) is 0 Å². The van der Waals surface area contributed by atoms with Crippen LogP contribution in [-0.2, 0) is 9.53 Å². The third-order valence-corrected chi connectivity index (χ3v) is 4.58. The van der Waals surface area contributed by atoms with Gasteiger partial charge in [0, 0.05) is 18.4 Å². The molecule has 2 aliphatic rings. The van der Waals surface area contributed by atoms with Gasteiger partial charge in [-0.15, -0.1) is 13.9 Å². The summed E-state index contributed by atoms with van der Waals surface area (Å²) >= 11 is 1.16. The second-order valence-electron chi connectivity index (χ2n) is 5.67. The summed E-state index contributed by atoms with van der Waals surface area (Å²) < 4.78 is 40.1. The zero-order valence-electron chi connectivity index (χ0n) is 13.3. The first-order chi connectivity index (χ1) is 12.5. The standard InChI is InChI=1S/C15H14F2N4O4S/c16-15(17)24-9-4-3-8(6-11(9)25-15)18-12(22)7-26-14-19-13(20-21-14)10-2-1-5-23-10/h3-4,6,10H,1-2,5,7H2,(H,18,22)(H,19,20,21)/t10-/m0/s1. The number of benzene rings is 1. The summed E-state index contributed by atoms with van der Waals surface area (Å²) in [6.07, 6.45) is -1.88. The molecule has 1 aromatic carbocycles. The number of aromatic nitrogens is 3. The largest absolute Gasteiger partial charge is 0.586 e. The SMILES string of the molecule is O=C(CSc1n[nH]c([C@@H]2CCCO2)n1)Nc1ccc2c(c1)OC(F)(F)O2. The van der Waals surface area contributed by atoms with Crippen LogP contribution in [0.1, 0.15) is 24.8 Å². The molecule has 11 heteroatoms. The number of aromatic amines is 1. The number of H-pyrrole nitrogens is 1. The quantitative estimate of drug-likeness (QED) is 0.765. The van der Waals surface area contributed by atoms with Gasteiger partial charge in [-0.25, -0.2) is 4.98 Å². The van der Waals surface area contributed by atoms with Gasteiger partial charge in [0.2, 0.25) is 11.1 Å². The lowest BCUT2D eigenvalue weighted by Crippen LogP contribution is -2.25. The number of hydrogen-bond donors (Lipinski definition) is 2. The number of carbonyl (C=O) groups excluding carboxylic acids is 1. The fourth-order valence-corrected chi connectivity index (χ4v) is 3.22. The highest BCUT2D eigenvalue weighted by Crippen LogP contribution is 2.42. The Hall–Kier alpha value is -2.40. The number of ether oxygens (including phenoxy) is 3. The van der Waals surface area contributed by atoms with E-state index in [-0.39, 0.29) is 29.3 Å². The third-order valence-electron chi connectivity index (χ3n) is 3.73. The molecule has 1 atom stereocenters. The van der Waals surface area contributed by atoms with Crippen molar-refractivity contribution in [2.45, 2.75) is 30.4 Å². The molecule has 1 amide bonds. The van der Waals surface area contributed by atoms with Crippen LogP contribution in [0.2, 0.25) is 0 Å². The lowest BCUT2D eigenvalue weighted by Gasteiger charge is -2.05. The topological polar surface area (TPSA) is 98.4 Å². The van der Waals surface area contributed by atoms with Crippen LogP contribution in [-0.4, -0.2) is 39.7 Å². The van der Waals surface area contributed by atoms with Crippen LogP contribution in [0.25, 0.3) is 0 Å². The van der Waals surface area contributed by atoms with E-state index in [1.54, 1.807) is 0 Å². The molecule has 0 radical (unpaired) electrons. The molecule has 0 unspecified atom stereocenters. The van der Waals surface area contributed by atoms with E-state index in [1.807, 2.05) is 0 Å². The van der Waals surface area contributed by atoms with Crippen LogP contribution in [0.5, 0.6) is 11.5 Å². The summed E-state index contributed by atoms with van der Waals surface area (Å²) in [5.41, 5.74) is 0.325. The van der Waals surface area contributed by atoms with Crippen LogP contribution in [0.3, 0.4) is 0 Å². The van der Waals surface area contributed by atoms with E-state index in [1.165, 1.54) is 18.2 Å². The fraction of sp³-hybridized carbons (Fsp3) is 0.400. The molecule has 0 saturated carbocycles. The first-order valence-electron chi connectivity index (χ1n) is 7.85. The zero-order chi connectivity index (χ0) is 18.1. The van der Waals surface area contributed by atoms with Gasteiger partial charge in [0.05, 0.1) is 5.75 Å². The Morgan fingerprint density at radius 1 is 1.38 bits per heavy atom. The van der Waals surface area contributed by atoms with Crippen LogP contribution in [0, 0.1) is 0 Å². The Labute approximate surface area is 150 Å². The van der Waals surface area contributed by atoms with Crippen LogP contribution >= 0.6 is 11.8 Å². The molecule has 2 aliphatic heterocycles. The fourth-order valence-electron chi connectivity index (χ4n) is 2.61. The average molecular weight is 384 g/mol. The lowest BCUT2D eigenvalue weighted by atomic mass is 10.2.